The van der Waals surface area contributed by atoms with Crippen molar-refractivity contribution in [1.82, 2.24) is 9.80 Å². The number of carbonyl (C=O) groups excluding carboxylic acids is 3. The van der Waals surface area contributed by atoms with Crippen molar-refractivity contribution >= 4 is 17.8 Å². The molecule has 1 aliphatic heterocycles. The fourth-order valence-electron chi connectivity index (χ4n) is 1.83. The maximum absolute atomic E-state index is 11.9. The zero-order valence-corrected chi connectivity index (χ0v) is 11.6. The van der Waals surface area contributed by atoms with Crippen LogP contribution in [0.15, 0.2) is 11.6 Å². The summed E-state index contributed by atoms with van der Waals surface area (Å²) in [6.07, 6.45) is 2.44. The van der Waals surface area contributed by atoms with Crippen molar-refractivity contribution in [2.75, 3.05) is 33.3 Å². The number of piperazine rings is 1. The highest BCUT2D eigenvalue weighted by Crippen LogP contribution is 2.07. The van der Waals surface area contributed by atoms with Crippen LogP contribution in [-0.2, 0) is 19.1 Å². The molecule has 0 bridgehead atoms. The topological polar surface area (TPSA) is 66.9 Å². The summed E-state index contributed by atoms with van der Waals surface area (Å²) in [4.78, 5) is 37.9. The monoisotopic (exact) mass is 268 g/mol. The Balaban J connectivity index is 2.60. The predicted molar refractivity (Wildman–Crippen MR) is 69.2 cm³/mol. The second-order valence-corrected chi connectivity index (χ2v) is 4.47. The first kappa shape index (κ1) is 15.2. The van der Waals surface area contributed by atoms with E-state index < -0.39 is 5.97 Å². The van der Waals surface area contributed by atoms with E-state index in [2.05, 4.69) is 4.74 Å². The van der Waals surface area contributed by atoms with Gasteiger partial charge in [-0.3, -0.25) is 9.59 Å². The van der Waals surface area contributed by atoms with Crippen LogP contribution in [0.1, 0.15) is 20.3 Å². The van der Waals surface area contributed by atoms with Gasteiger partial charge in [0.25, 0.3) is 0 Å². The van der Waals surface area contributed by atoms with Crippen LogP contribution < -0.4 is 0 Å². The number of nitrogens with zero attached hydrogens (tertiary/aromatic N) is 2. The van der Waals surface area contributed by atoms with Crippen LogP contribution in [0.3, 0.4) is 0 Å². The maximum atomic E-state index is 11.9. The van der Waals surface area contributed by atoms with Gasteiger partial charge in [0.2, 0.25) is 11.8 Å². The Morgan fingerprint density at radius 2 is 1.84 bits per heavy atom. The molecule has 0 N–H and O–H groups in total. The van der Waals surface area contributed by atoms with E-state index in [9.17, 15) is 14.4 Å². The van der Waals surface area contributed by atoms with Gasteiger partial charge in [0, 0.05) is 18.7 Å². The highest BCUT2D eigenvalue weighted by molar-refractivity contribution is 5.93. The van der Waals surface area contributed by atoms with Gasteiger partial charge in [-0.05, 0) is 13.3 Å². The number of esters is 1. The summed E-state index contributed by atoms with van der Waals surface area (Å²) in [7, 11) is 1.30. The lowest BCUT2D eigenvalue weighted by Crippen LogP contribution is -2.53. The van der Waals surface area contributed by atoms with Crippen molar-refractivity contribution in [1.29, 1.82) is 0 Å². The van der Waals surface area contributed by atoms with Crippen molar-refractivity contribution in [3.63, 3.8) is 0 Å². The van der Waals surface area contributed by atoms with Crippen molar-refractivity contribution in [3.05, 3.63) is 11.6 Å². The minimum atomic E-state index is -0.427. The first-order chi connectivity index (χ1) is 8.99. The number of amides is 2. The number of hydrogen-bond acceptors (Lipinski definition) is 4. The third-order valence-corrected chi connectivity index (χ3v) is 2.98. The van der Waals surface area contributed by atoms with Gasteiger partial charge in [-0.25, -0.2) is 4.79 Å². The van der Waals surface area contributed by atoms with Crippen molar-refractivity contribution in [2.24, 2.45) is 0 Å². The first-order valence-corrected chi connectivity index (χ1v) is 6.30. The van der Waals surface area contributed by atoms with E-state index in [1.807, 2.05) is 6.92 Å². The van der Waals surface area contributed by atoms with E-state index >= 15 is 0 Å². The molecule has 0 unspecified atom stereocenters. The van der Waals surface area contributed by atoms with Gasteiger partial charge in [-0.15, -0.1) is 0 Å². The first-order valence-electron chi connectivity index (χ1n) is 6.30. The lowest BCUT2D eigenvalue weighted by atomic mass is 10.2. The lowest BCUT2D eigenvalue weighted by molar-refractivity contribution is -0.149. The van der Waals surface area contributed by atoms with Gasteiger partial charge in [0.1, 0.15) is 6.54 Å². The molecular weight excluding hydrogens is 248 g/mol. The van der Waals surface area contributed by atoms with Crippen LogP contribution in [0.2, 0.25) is 0 Å². The molecule has 2 amide bonds. The molecule has 0 aromatic carbocycles. The maximum Gasteiger partial charge on any atom is 0.333 e. The molecule has 0 radical (unpaired) electrons. The fourth-order valence-corrected chi connectivity index (χ4v) is 1.83. The van der Waals surface area contributed by atoms with Crippen LogP contribution in [0.4, 0.5) is 0 Å². The Labute approximate surface area is 113 Å². The Hall–Kier alpha value is -1.85. The normalized spacial score (nSPS) is 16.9. The molecular formula is C13H20N2O4. The molecule has 0 spiro atoms. The van der Waals surface area contributed by atoms with Crippen LogP contribution in [0, 0.1) is 0 Å². The summed E-state index contributed by atoms with van der Waals surface area (Å²) in [5.41, 5.74) is 0.429. The standard InChI is InChI=1S/C13H20N2O4/c1-4-6-14-8-12(17)15(9-11(14)16)7-5-10(2)13(18)19-3/h5H,4,6-9H2,1-3H3. The molecule has 1 aliphatic rings. The van der Waals surface area contributed by atoms with Crippen molar-refractivity contribution < 1.29 is 19.1 Å². The Bertz CT molecular complexity index is 403. The summed E-state index contributed by atoms with van der Waals surface area (Å²) in [5.74, 6) is -0.573. The molecule has 106 valence electrons. The van der Waals surface area contributed by atoms with Crippen LogP contribution in [0.25, 0.3) is 0 Å². The molecule has 1 fully saturated rings. The number of carbonyl (C=O) groups is 3. The highest BCUT2D eigenvalue weighted by Gasteiger charge is 2.28. The largest absolute Gasteiger partial charge is 0.466 e. The van der Waals surface area contributed by atoms with Crippen molar-refractivity contribution in [3.8, 4) is 0 Å². The highest BCUT2D eigenvalue weighted by atomic mass is 16.5. The lowest BCUT2D eigenvalue weighted by Gasteiger charge is -2.33. The van der Waals surface area contributed by atoms with Gasteiger partial charge >= 0.3 is 5.97 Å². The van der Waals surface area contributed by atoms with Gasteiger partial charge in [-0.1, -0.05) is 13.0 Å². The van der Waals surface area contributed by atoms with E-state index in [1.165, 1.54) is 12.0 Å². The van der Waals surface area contributed by atoms with Crippen LogP contribution >= 0.6 is 0 Å². The smallest absolute Gasteiger partial charge is 0.333 e. The van der Waals surface area contributed by atoms with Crippen LogP contribution in [0.5, 0.6) is 0 Å². The minimum Gasteiger partial charge on any atom is -0.466 e. The van der Waals surface area contributed by atoms with Gasteiger partial charge in [0.05, 0.1) is 13.7 Å². The van der Waals surface area contributed by atoms with E-state index in [1.54, 1.807) is 17.9 Å². The summed E-state index contributed by atoms with van der Waals surface area (Å²) in [6.45, 7) is 4.64. The third-order valence-electron chi connectivity index (χ3n) is 2.98. The second-order valence-electron chi connectivity index (χ2n) is 4.47. The number of rotatable bonds is 5. The number of methoxy groups -OCH3 is 1. The molecule has 6 nitrogen and oxygen atoms in total. The average molecular weight is 268 g/mol. The molecule has 1 saturated heterocycles. The Morgan fingerprint density at radius 1 is 1.26 bits per heavy atom. The van der Waals surface area contributed by atoms with E-state index in [0.717, 1.165) is 6.42 Å². The fraction of sp³-hybridized carbons (Fsp3) is 0.615. The van der Waals surface area contributed by atoms with E-state index in [4.69, 9.17) is 0 Å². The number of ether oxygens (including phenoxy) is 1. The quantitative estimate of drug-likeness (QED) is 0.527. The van der Waals surface area contributed by atoms with E-state index in [0.29, 0.717) is 12.1 Å². The molecule has 0 atom stereocenters. The summed E-state index contributed by atoms with van der Waals surface area (Å²) >= 11 is 0. The molecule has 6 heteroatoms. The third kappa shape index (κ3) is 4.08. The second kappa shape index (κ2) is 6.92. The average Bonchev–Trinajstić information content (AvgIpc) is 2.39. The molecule has 0 aromatic rings. The molecule has 1 heterocycles. The zero-order valence-electron chi connectivity index (χ0n) is 11.6. The summed E-state index contributed by atoms with van der Waals surface area (Å²) in [5, 5.41) is 0. The molecule has 0 aliphatic carbocycles. The summed E-state index contributed by atoms with van der Waals surface area (Å²) in [6, 6.07) is 0. The zero-order chi connectivity index (χ0) is 14.4. The van der Waals surface area contributed by atoms with E-state index in [-0.39, 0.29) is 31.4 Å². The van der Waals surface area contributed by atoms with Gasteiger partial charge in [0.15, 0.2) is 0 Å². The molecule has 19 heavy (non-hydrogen) atoms. The van der Waals surface area contributed by atoms with Crippen molar-refractivity contribution in [2.45, 2.75) is 20.3 Å². The SMILES string of the molecule is CCCN1CC(=O)N(CC=C(C)C(=O)OC)CC1=O. The summed E-state index contributed by atoms with van der Waals surface area (Å²) < 4.78 is 4.56. The van der Waals surface area contributed by atoms with Crippen LogP contribution in [-0.4, -0.2) is 60.9 Å². The van der Waals surface area contributed by atoms with Gasteiger partial charge in [-0.2, -0.15) is 0 Å². The Morgan fingerprint density at radius 3 is 2.42 bits per heavy atom. The Kier molecular flexibility index (Phi) is 5.54. The molecule has 1 rings (SSSR count). The molecule has 0 aromatic heterocycles. The number of hydrogen-bond donors (Lipinski definition) is 0. The predicted octanol–water partition coefficient (Wildman–Crippen LogP) is 0.187. The van der Waals surface area contributed by atoms with Gasteiger partial charge < -0.3 is 14.5 Å². The molecule has 0 saturated carbocycles. The minimum absolute atomic E-state index is 0.0504.